The van der Waals surface area contributed by atoms with Crippen LogP contribution in [-0.2, 0) is 6.54 Å². The summed E-state index contributed by atoms with van der Waals surface area (Å²) in [5.41, 5.74) is 0. The molecule has 0 spiro atoms. The molecule has 21 heavy (non-hydrogen) atoms. The van der Waals surface area contributed by atoms with Gasteiger partial charge in [-0.2, -0.15) is 0 Å². The third-order valence-corrected chi connectivity index (χ3v) is 4.27. The molecule has 3 rings (SSSR count). The van der Waals surface area contributed by atoms with E-state index in [-0.39, 0.29) is 6.10 Å². The lowest BCUT2D eigenvalue weighted by atomic mass is 10.1. The summed E-state index contributed by atoms with van der Waals surface area (Å²) in [6, 6.07) is 18.8. The van der Waals surface area contributed by atoms with E-state index in [0.29, 0.717) is 0 Å². The molecule has 0 saturated heterocycles. The molecule has 108 valence electrons. The van der Waals surface area contributed by atoms with Crippen LogP contribution in [0.2, 0.25) is 0 Å². The topological polar surface area (TPSA) is 21.3 Å². The molecule has 3 aromatic rings. The van der Waals surface area contributed by atoms with E-state index in [0.717, 1.165) is 18.8 Å². The quantitative estimate of drug-likeness (QED) is 0.725. The highest BCUT2D eigenvalue weighted by Gasteiger charge is 2.07. The predicted molar refractivity (Wildman–Crippen MR) is 90.1 cm³/mol. The van der Waals surface area contributed by atoms with Gasteiger partial charge in [0, 0.05) is 23.4 Å². The van der Waals surface area contributed by atoms with Gasteiger partial charge >= 0.3 is 0 Å². The second-order valence-electron chi connectivity index (χ2n) is 5.12. The van der Waals surface area contributed by atoms with Crippen LogP contribution in [0.25, 0.3) is 10.8 Å². The standard InChI is InChI=1S/C18H19NOS/c1-14(12-19-13-16-8-5-11-21-16)20-18-10-4-7-15-6-2-3-9-17(15)18/h2-11,14,19H,12-13H2,1H3. The summed E-state index contributed by atoms with van der Waals surface area (Å²) >= 11 is 1.78. The first-order valence-corrected chi connectivity index (χ1v) is 8.08. The van der Waals surface area contributed by atoms with E-state index < -0.39 is 0 Å². The molecule has 0 radical (unpaired) electrons. The summed E-state index contributed by atoms with van der Waals surface area (Å²) in [7, 11) is 0. The summed E-state index contributed by atoms with van der Waals surface area (Å²) < 4.78 is 6.09. The molecule has 1 heterocycles. The van der Waals surface area contributed by atoms with Gasteiger partial charge in [0.1, 0.15) is 11.9 Å². The van der Waals surface area contributed by atoms with E-state index in [4.69, 9.17) is 4.74 Å². The molecule has 0 aliphatic rings. The van der Waals surface area contributed by atoms with Crippen molar-refractivity contribution in [2.75, 3.05) is 6.54 Å². The van der Waals surface area contributed by atoms with Crippen molar-refractivity contribution in [3.05, 3.63) is 64.9 Å². The highest BCUT2D eigenvalue weighted by molar-refractivity contribution is 7.09. The highest BCUT2D eigenvalue weighted by Crippen LogP contribution is 2.25. The number of fused-ring (bicyclic) bond motifs is 1. The summed E-state index contributed by atoms with van der Waals surface area (Å²) in [5.74, 6) is 0.957. The fraction of sp³-hybridized carbons (Fsp3) is 0.222. The Morgan fingerprint density at radius 3 is 2.76 bits per heavy atom. The number of ether oxygens (including phenoxy) is 1. The van der Waals surface area contributed by atoms with E-state index in [9.17, 15) is 0 Å². The molecule has 0 aliphatic heterocycles. The van der Waals surface area contributed by atoms with Crippen LogP contribution in [-0.4, -0.2) is 12.6 Å². The van der Waals surface area contributed by atoms with Gasteiger partial charge in [-0.3, -0.25) is 0 Å². The average Bonchev–Trinajstić information content (AvgIpc) is 3.01. The highest BCUT2D eigenvalue weighted by atomic mass is 32.1. The van der Waals surface area contributed by atoms with Crippen molar-refractivity contribution >= 4 is 22.1 Å². The molecule has 1 unspecified atom stereocenters. The largest absolute Gasteiger partial charge is 0.489 e. The summed E-state index contributed by atoms with van der Waals surface area (Å²) in [5, 5.41) is 7.93. The van der Waals surface area contributed by atoms with Gasteiger partial charge in [-0.05, 0) is 29.8 Å². The number of hydrogen-bond acceptors (Lipinski definition) is 3. The summed E-state index contributed by atoms with van der Waals surface area (Å²) in [6.07, 6.45) is 0.135. The minimum Gasteiger partial charge on any atom is -0.489 e. The Kier molecular flexibility index (Phi) is 4.53. The van der Waals surface area contributed by atoms with Crippen LogP contribution in [0.5, 0.6) is 5.75 Å². The lowest BCUT2D eigenvalue weighted by Gasteiger charge is -2.16. The fourth-order valence-corrected chi connectivity index (χ4v) is 3.04. The maximum Gasteiger partial charge on any atom is 0.127 e. The second-order valence-corrected chi connectivity index (χ2v) is 6.15. The Hall–Kier alpha value is -1.84. The molecule has 2 aromatic carbocycles. The van der Waals surface area contributed by atoms with E-state index in [1.54, 1.807) is 11.3 Å². The Balaban J connectivity index is 1.59. The molecular formula is C18H19NOS. The predicted octanol–water partition coefficient (Wildman–Crippen LogP) is 4.46. The number of rotatable bonds is 6. The molecule has 3 heteroatoms. The first-order valence-electron chi connectivity index (χ1n) is 7.20. The van der Waals surface area contributed by atoms with Crippen molar-refractivity contribution < 1.29 is 4.74 Å². The maximum absolute atomic E-state index is 6.09. The number of hydrogen-bond donors (Lipinski definition) is 1. The van der Waals surface area contributed by atoms with Gasteiger partial charge in [0.2, 0.25) is 0 Å². The van der Waals surface area contributed by atoms with E-state index in [1.165, 1.54) is 15.6 Å². The van der Waals surface area contributed by atoms with Gasteiger partial charge in [0.15, 0.2) is 0 Å². The van der Waals surface area contributed by atoms with E-state index in [1.807, 2.05) is 12.1 Å². The summed E-state index contributed by atoms with van der Waals surface area (Å²) in [4.78, 5) is 1.35. The molecule has 1 atom stereocenters. The van der Waals surface area contributed by atoms with Crippen LogP contribution in [0.3, 0.4) is 0 Å². The Morgan fingerprint density at radius 1 is 1.05 bits per heavy atom. The van der Waals surface area contributed by atoms with Crippen molar-refractivity contribution in [2.24, 2.45) is 0 Å². The number of benzene rings is 2. The Labute approximate surface area is 129 Å². The zero-order chi connectivity index (χ0) is 14.5. The van der Waals surface area contributed by atoms with E-state index >= 15 is 0 Å². The van der Waals surface area contributed by atoms with Crippen molar-refractivity contribution in [1.29, 1.82) is 0 Å². The third kappa shape index (κ3) is 3.63. The van der Waals surface area contributed by atoms with E-state index in [2.05, 4.69) is 60.1 Å². The minimum absolute atomic E-state index is 0.135. The normalized spacial score (nSPS) is 12.4. The minimum atomic E-state index is 0.135. The van der Waals surface area contributed by atoms with Crippen molar-refractivity contribution in [3.63, 3.8) is 0 Å². The monoisotopic (exact) mass is 297 g/mol. The first kappa shape index (κ1) is 14.1. The zero-order valence-corrected chi connectivity index (χ0v) is 12.9. The van der Waals surface area contributed by atoms with Crippen LogP contribution in [0.4, 0.5) is 0 Å². The van der Waals surface area contributed by atoms with Crippen LogP contribution < -0.4 is 10.1 Å². The van der Waals surface area contributed by atoms with Crippen LogP contribution in [0.15, 0.2) is 60.0 Å². The molecule has 2 nitrogen and oxygen atoms in total. The molecule has 0 aliphatic carbocycles. The third-order valence-electron chi connectivity index (χ3n) is 3.39. The van der Waals surface area contributed by atoms with Crippen molar-refractivity contribution in [3.8, 4) is 5.75 Å². The smallest absolute Gasteiger partial charge is 0.127 e. The lowest BCUT2D eigenvalue weighted by molar-refractivity contribution is 0.219. The van der Waals surface area contributed by atoms with Crippen LogP contribution in [0.1, 0.15) is 11.8 Å². The molecule has 0 fully saturated rings. The molecule has 0 amide bonds. The molecule has 0 bridgehead atoms. The number of thiophene rings is 1. The molecule has 1 N–H and O–H groups in total. The second kappa shape index (κ2) is 6.74. The van der Waals surface area contributed by atoms with Gasteiger partial charge in [-0.15, -0.1) is 11.3 Å². The Morgan fingerprint density at radius 2 is 1.90 bits per heavy atom. The van der Waals surface area contributed by atoms with Gasteiger partial charge < -0.3 is 10.1 Å². The lowest BCUT2D eigenvalue weighted by Crippen LogP contribution is -2.28. The number of nitrogens with one attached hydrogen (secondary N) is 1. The van der Waals surface area contributed by atoms with Crippen molar-refractivity contribution in [2.45, 2.75) is 19.6 Å². The van der Waals surface area contributed by atoms with Gasteiger partial charge in [-0.1, -0.05) is 42.5 Å². The Bertz CT molecular complexity index is 688. The van der Waals surface area contributed by atoms with Crippen molar-refractivity contribution in [1.82, 2.24) is 5.32 Å². The van der Waals surface area contributed by atoms with Crippen LogP contribution >= 0.6 is 11.3 Å². The molecule has 0 saturated carbocycles. The zero-order valence-electron chi connectivity index (χ0n) is 12.1. The van der Waals surface area contributed by atoms with Gasteiger partial charge in [0.25, 0.3) is 0 Å². The first-order chi connectivity index (χ1) is 10.3. The average molecular weight is 297 g/mol. The van der Waals surface area contributed by atoms with Gasteiger partial charge in [0.05, 0.1) is 0 Å². The SMILES string of the molecule is CC(CNCc1cccs1)Oc1cccc2ccccc12. The van der Waals surface area contributed by atoms with Crippen LogP contribution in [0, 0.1) is 0 Å². The van der Waals surface area contributed by atoms with Gasteiger partial charge in [-0.25, -0.2) is 0 Å². The molecule has 1 aromatic heterocycles. The fourth-order valence-electron chi connectivity index (χ4n) is 2.37. The summed E-state index contributed by atoms with van der Waals surface area (Å²) in [6.45, 7) is 3.84. The molecular weight excluding hydrogens is 278 g/mol. The maximum atomic E-state index is 6.09.